The lowest BCUT2D eigenvalue weighted by Gasteiger charge is -2.43. The van der Waals surface area contributed by atoms with Gasteiger partial charge in [0.25, 0.3) is 0 Å². The first-order valence-electron chi connectivity index (χ1n) is 7.37. The van der Waals surface area contributed by atoms with Gasteiger partial charge < -0.3 is 15.1 Å². The van der Waals surface area contributed by atoms with Crippen LogP contribution in [0.2, 0.25) is 0 Å². The third-order valence-electron chi connectivity index (χ3n) is 4.93. The van der Waals surface area contributed by atoms with Gasteiger partial charge in [0, 0.05) is 19.6 Å². The van der Waals surface area contributed by atoms with Gasteiger partial charge in [0.2, 0.25) is 0 Å². The molecule has 0 radical (unpaired) electrons. The number of nitrogens with zero attached hydrogens (tertiary/aromatic N) is 1. The normalized spacial score (nSPS) is 36.0. The Kier molecular flexibility index (Phi) is 4.38. The van der Waals surface area contributed by atoms with Crippen molar-refractivity contribution in [2.45, 2.75) is 62.8 Å². The van der Waals surface area contributed by atoms with Gasteiger partial charge in [-0.15, -0.1) is 0 Å². The Morgan fingerprint density at radius 3 is 2.00 bits per heavy atom. The van der Waals surface area contributed by atoms with Crippen LogP contribution in [0.25, 0.3) is 0 Å². The first kappa shape index (κ1) is 16.0. The third kappa shape index (κ3) is 3.46. The maximum absolute atomic E-state index is 12.7. The number of piperidine rings is 1. The smallest absolute Gasteiger partial charge is 0.389 e. The predicted molar refractivity (Wildman–Crippen MR) is 69.3 cm³/mol. The second-order valence-electron chi connectivity index (χ2n) is 6.71. The standard InChI is InChI=1S/C14H24F3NO2/c1-11-2-4-12(19,5-3-11)10-18-8-6-13(20,7-9-18)14(15,16)17/h11,19-20H,2-10H2,1H3. The molecule has 1 saturated heterocycles. The fraction of sp³-hybridized carbons (Fsp3) is 1.00. The summed E-state index contributed by atoms with van der Waals surface area (Å²) < 4.78 is 38.1. The zero-order valence-electron chi connectivity index (χ0n) is 11.9. The van der Waals surface area contributed by atoms with Crippen LogP contribution in [0.3, 0.4) is 0 Å². The molecule has 0 aromatic carbocycles. The molecule has 1 saturated carbocycles. The fourth-order valence-corrected chi connectivity index (χ4v) is 3.24. The van der Waals surface area contributed by atoms with E-state index < -0.39 is 17.4 Å². The van der Waals surface area contributed by atoms with E-state index in [0.717, 1.165) is 12.8 Å². The molecule has 3 nitrogen and oxygen atoms in total. The fourth-order valence-electron chi connectivity index (χ4n) is 3.24. The van der Waals surface area contributed by atoms with E-state index in [2.05, 4.69) is 6.92 Å². The van der Waals surface area contributed by atoms with Crippen LogP contribution in [0.5, 0.6) is 0 Å². The summed E-state index contributed by atoms with van der Waals surface area (Å²) in [4.78, 5) is 1.86. The van der Waals surface area contributed by atoms with Gasteiger partial charge in [-0.2, -0.15) is 13.2 Å². The lowest BCUT2D eigenvalue weighted by molar-refractivity contribution is -0.273. The van der Waals surface area contributed by atoms with E-state index >= 15 is 0 Å². The first-order valence-corrected chi connectivity index (χ1v) is 7.37. The molecule has 6 heteroatoms. The van der Waals surface area contributed by atoms with Crippen molar-refractivity contribution in [3.05, 3.63) is 0 Å². The molecule has 2 aliphatic rings. The second kappa shape index (κ2) is 5.46. The summed E-state index contributed by atoms with van der Waals surface area (Å²) >= 11 is 0. The Hall–Kier alpha value is -0.330. The van der Waals surface area contributed by atoms with E-state index in [0.29, 0.717) is 25.3 Å². The molecule has 1 aliphatic carbocycles. The minimum Gasteiger partial charge on any atom is -0.389 e. The highest BCUT2D eigenvalue weighted by Crippen LogP contribution is 2.39. The van der Waals surface area contributed by atoms with Gasteiger partial charge in [-0.05, 0) is 44.4 Å². The van der Waals surface area contributed by atoms with E-state index in [-0.39, 0.29) is 25.9 Å². The largest absolute Gasteiger partial charge is 0.417 e. The van der Waals surface area contributed by atoms with Gasteiger partial charge in [-0.25, -0.2) is 0 Å². The Morgan fingerprint density at radius 1 is 1.05 bits per heavy atom. The summed E-state index contributed by atoms with van der Waals surface area (Å²) in [5, 5.41) is 20.1. The molecule has 2 fully saturated rings. The van der Waals surface area contributed by atoms with Crippen molar-refractivity contribution < 1.29 is 23.4 Å². The molecule has 20 heavy (non-hydrogen) atoms. The van der Waals surface area contributed by atoms with Crippen LogP contribution in [0.15, 0.2) is 0 Å². The monoisotopic (exact) mass is 295 g/mol. The van der Waals surface area contributed by atoms with Crippen LogP contribution in [0.4, 0.5) is 13.2 Å². The maximum Gasteiger partial charge on any atom is 0.417 e. The number of halogens is 3. The molecule has 2 rings (SSSR count). The van der Waals surface area contributed by atoms with E-state index in [1.54, 1.807) is 0 Å². The number of β-amino-alcohol motifs (C(OH)–C–C–N with tert-alkyl or cyclic N) is 1. The molecule has 0 bridgehead atoms. The average Bonchev–Trinajstić information content (AvgIpc) is 2.35. The van der Waals surface area contributed by atoms with Gasteiger partial charge in [0.05, 0.1) is 5.60 Å². The molecule has 0 spiro atoms. The number of alkyl halides is 3. The molecular weight excluding hydrogens is 271 g/mol. The number of likely N-dealkylation sites (tertiary alicyclic amines) is 1. The molecule has 0 aromatic heterocycles. The lowest BCUT2D eigenvalue weighted by Crippen LogP contribution is -2.56. The highest BCUT2D eigenvalue weighted by molar-refractivity contribution is 4.94. The minimum absolute atomic E-state index is 0.188. The molecule has 2 N–H and O–H groups in total. The molecular formula is C14H24F3NO2. The molecule has 0 atom stereocenters. The highest BCUT2D eigenvalue weighted by atomic mass is 19.4. The van der Waals surface area contributed by atoms with E-state index in [9.17, 15) is 23.4 Å². The highest BCUT2D eigenvalue weighted by Gasteiger charge is 2.54. The van der Waals surface area contributed by atoms with Gasteiger partial charge >= 0.3 is 6.18 Å². The van der Waals surface area contributed by atoms with Crippen LogP contribution in [0, 0.1) is 5.92 Å². The SMILES string of the molecule is CC1CCC(O)(CN2CCC(O)(C(F)(F)F)CC2)CC1. The van der Waals surface area contributed by atoms with Crippen LogP contribution in [-0.2, 0) is 0 Å². The van der Waals surface area contributed by atoms with Crippen molar-refractivity contribution in [3.63, 3.8) is 0 Å². The van der Waals surface area contributed by atoms with Crippen molar-refractivity contribution >= 4 is 0 Å². The van der Waals surface area contributed by atoms with Crippen molar-refractivity contribution in [1.82, 2.24) is 4.90 Å². The van der Waals surface area contributed by atoms with Gasteiger partial charge in [-0.1, -0.05) is 6.92 Å². The van der Waals surface area contributed by atoms with Gasteiger partial charge in [-0.3, -0.25) is 0 Å². The lowest BCUT2D eigenvalue weighted by atomic mass is 9.79. The van der Waals surface area contributed by atoms with Crippen LogP contribution < -0.4 is 0 Å². The summed E-state index contributed by atoms with van der Waals surface area (Å²) in [6.07, 6.45) is -1.79. The number of hydrogen-bond donors (Lipinski definition) is 2. The van der Waals surface area contributed by atoms with Crippen LogP contribution in [-0.4, -0.2) is 52.1 Å². The maximum atomic E-state index is 12.7. The average molecular weight is 295 g/mol. The molecule has 118 valence electrons. The topological polar surface area (TPSA) is 43.7 Å². The molecule has 0 aromatic rings. The van der Waals surface area contributed by atoms with E-state index in [1.165, 1.54) is 0 Å². The zero-order chi connectivity index (χ0) is 15.0. The number of rotatable bonds is 2. The minimum atomic E-state index is -4.56. The van der Waals surface area contributed by atoms with Crippen LogP contribution in [0.1, 0.15) is 45.4 Å². The predicted octanol–water partition coefficient (Wildman–Crippen LogP) is 2.32. The molecule has 0 unspecified atom stereocenters. The Morgan fingerprint density at radius 2 is 1.55 bits per heavy atom. The molecule has 1 aliphatic heterocycles. The van der Waals surface area contributed by atoms with Crippen molar-refractivity contribution in [1.29, 1.82) is 0 Å². The summed E-state index contributed by atoms with van der Waals surface area (Å²) in [6, 6.07) is 0. The second-order valence-corrected chi connectivity index (χ2v) is 6.71. The third-order valence-corrected chi connectivity index (χ3v) is 4.93. The van der Waals surface area contributed by atoms with Gasteiger partial charge in [0.15, 0.2) is 5.60 Å². The van der Waals surface area contributed by atoms with E-state index in [4.69, 9.17) is 0 Å². The Balaban J connectivity index is 1.86. The number of hydrogen-bond acceptors (Lipinski definition) is 3. The summed E-state index contributed by atoms with van der Waals surface area (Å²) in [6.45, 7) is 2.96. The molecule has 1 heterocycles. The van der Waals surface area contributed by atoms with Crippen molar-refractivity contribution in [2.24, 2.45) is 5.92 Å². The molecule has 0 amide bonds. The Labute approximate surface area is 117 Å². The van der Waals surface area contributed by atoms with Gasteiger partial charge in [0.1, 0.15) is 0 Å². The quantitative estimate of drug-likeness (QED) is 0.821. The van der Waals surface area contributed by atoms with Crippen molar-refractivity contribution in [3.8, 4) is 0 Å². The summed E-state index contributed by atoms with van der Waals surface area (Å²) in [7, 11) is 0. The van der Waals surface area contributed by atoms with Crippen LogP contribution >= 0.6 is 0 Å². The number of aliphatic hydroxyl groups is 2. The summed E-state index contributed by atoms with van der Waals surface area (Å²) in [5.74, 6) is 0.618. The first-order chi connectivity index (χ1) is 9.14. The zero-order valence-corrected chi connectivity index (χ0v) is 11.9. The van der Waals surface area contributed by atoms with Crippen molar-refractivity contribution in [2.75, 3.05) is 19.6 Å². The Bertz CT molecular complexity index is 330. The van der Waals surface area contributed by atoms with E-state index in [1.807, 2.05) is 4.90 Å². The summed E-state index contributed by atoms with van der Waals surface area (Å²) in [5.41, 5.74) is -3.31.